The van der Waals surface area contributed by atoms with Crippen molar-refractivity contribution in [2.75, 3.05) is 29.6 Å². The quantitative estimate of drug-likeness (QED) is 0.358. The second-order valence-corrected chi connectivity index (χ2v) is 9.74. The summed E-state index contributed by atoms with van der Waals surface area (Å²) < 4.78 is 39.8. The van der Waals surface area contributed by atoms with Crippen LogP contribution < -0.4 is 22.3 Å². The van der Waals surface area contributed by atoms with Gasteiger partial charge in [-0.3, -0.25) is 9.36 Å². The second kappa shape index (κ2) is 8.88. The molecule has 0 bridgehead atoms. The van der Waals surface area contributed by atoms with E-state index < -0.39 is 21.2 Å². The first kappa shape index (κ1) is 23.4. The van der Waals surface area contributed by atoms with Crippen molar-refractivity contribution in [1.29, 1.82) is 0 Å². The van der Waals surface area contributed by atoms with E-state index in [9.17, 15) is 17.6 Å². The van der Waals surface area contributed by atoms with Crippen LogP contribution in [0.15, 0.2) is 52.2 Å². The highest BCUT2D eigenvalue weighted by atomic mass is 35.5. The van der Waals surface area contributed by atoms with Crippen molar-refractivity contribution in [3.63, 3.8) is 0 Å². The first-order valence-corrected chi connectivity index (χ1v) is 12.2. The molecule has 2 aromatic heterocycles. The van der Waals surface area contributed by atoms with Crippen LogP contribution in [0.3, 0.4) is 0 Å². The van der Waals surface area contributed by atoms with Gasteiger partial charge in [0.05, 0.1) is 21.5 Å². The predicted octanol–water partition coefficient (Wildman–Crippen LogP) is 2.19. The monoisotopic (exact) mass is 503 g/mol. The minimum Gasteiger partial charge on any atom is -0.382 e. The summed E-state index contributed by atoms with van der Waals surface area (Å²) in [6.07, 6.45) is 1.17. The molecule has 34 heavy (non-hydrogen) atoms. The fourth-order valence-electron chi connectivity index (χ4n) is 3.50. The average Bonchev–Trinajstić information content (AvgIpc) is 2.76. The highest BCUT2D eigenvalue weighted by Crippen LogP contribution is 2.25. The topological polar surface area (TPSA) is 159 Å². The molecule has 176 valence electrons. The van der Waals surface area contributed by atoms with Gasteiger partial charge < -0.3 is 16.8 Å². The van der Waals surface area contributed by atoms with Crippen LogP contribution in [0.25, 0.3) is 16.6 Å². The van der Waals surface area contributed by atoms with E-state index in [4.69, 9.17) is 23.1 Å². The Kier molecular flexibility index (Phi) is 6.11. The highest BCUT2D eigenvalue weighted by molar-refractivity contribution is 7.91. The third kappa shape index (κ3) is 4.50. The van der Waals surface area contributed by atoms with Crippen molar-refractivity contribution in [2.45, 2.75) is 11.3 Å². The van der Waals surface area contributed by atoms with Crippen molar-refractivity contribution >= 4 is 49.9 Å². The molecule has 0 aliphatic heterocycles. The molecule has 5 N–H and O–H groups in total. The normalized spacial score (nSPS) is 11.6. The number of nitrogens with zero attached hydrogens (tertiary/aromatic N) is 4. The first-order chi connectivity index (χ1) is 16.1. The van der Waals surface area contributed by atoms with Gasteiger partial charge in [-0.15, -0.1) is 0 Å². The molecule has 2 heterocycles. The largest absolute Gasteiger partial charge is 0.382 e. The van der Waals surface area contributed by atoms with E-state index in [1.165, 1.54) is 34.9 Å². The number of nitrogens with one attached hydrogen (secondary N) is 1. The minimum atomic E-state index is -3.73. The molecule has 0 fully saturated rings. The smallest absolute Gasteiger partial charge is 0.267 e. The Hall–Kier alpha value is -3.77. The van der Waals surface area contributed by atoms with Crippen LogP contribution in [0.4, 0.5) is 22.0 Å². The van der Waals surface area contributed by atoms with E-state index in [-0.39, 0.29) is 62.9 Å². The molecule has 0 radical (unpaired) electrons. The van der Waals surface area contributed by atoms with E-state index in [2.05, 4.69) is 20.3 Å². The average molecular weight is 504 g/mol. The van der Waals surface area contributed by atoms with Gasteiger partial charge >= 0.3 is 0 Å². The van der Waals surface area contributed by atoms with E-state index in [1.54, 1.807) is 6.07 Å². The molecule has 0 unspecified atom stereocenters. The van der Waals surface area contributed by atoms with Crippen LogP contribution in [0.1, 0.15) is 5.82 Å². The van der Waals surface area contributed by atoms with E-state index >= 15 is 0 Å². The molecule has 0 amide bonds. The number of aromatic nitrogens is 4. The molecular formula is C21H19ClFN7O3S. The van der Waals surface area contributed by atoms with Gasteiger partial charge in [0, 0.05) is 19.2 Å². The van der Waals surface area contributed by atoms with Crippen molar-refractivity contribution < 1.29 is 12.8 Å². The van der Waals surface area contributed by atoms with Gasteiger partial charge in [-0.25, -0.2) is 17.8 Å². The van der Waals surface area contributed by atoms with E-state index in [0.29, 0.717) is 0 Å². The SMILES string of the molecule is CS(=O)(=O)c1cccc2nc(CCNc3nc(N)nc(N)c3Cl)n(-c3cccc(F)c3)c(=O)c12. The molecule has 0 saturated heterocycles. The summed E-state index contributed by atoms with van der Waals surface area (Å²) >= 11 is 6.12. The Bertz CT molecular complexity index is 1590. The number of fused-ring (bicyclic) bond motifs is 1. The predicted molar refractivity (Wildman–Crippen MR) is 128 cm³/mol. The molecule has 0 saturated carbocycles. The van der Waals surface area contributed by atoms with Gasteiger partial charge in [0.25, 0.3) is 5.56 Å². The summed E-state index contributed by atoms with van der Waals surface area (Å²) in [7, 11) is -3.73. The first-order valence-electron chi connectivity index (χ1n) is 9.89. The van der Waals surface area contributed by atoms with Crippen molar-refractivity contribution in [2.24, 2.45) is 0 Å². The van der Waals surface area contributed by atoms with Crippen LogP contribution in [-0.2, 0) is 16.3 Å². The number of sulfone groups is 1. The van der Waals surface area contributed by atoms with Crippen molar-refractivity contribution in [1.82, 2.24) is 19.5 Å². The second-order valence-electron chi connectivity index (χ2n) is 7.38. The molecule has 0 atom stereocenters. The zero-order valence-electron chi connectivity index (χ0n) is 17.8. The lowest BCUT2D eigenvalue weighted by atomic mass is 10.2. The fraction of sp³-hybridized carbons (Fsp3) is 0.143. The molecule has 0 spiro atoms. The summed E-state index contributed by atoms with van der Waals surface area (Å²) in [6.45, 7) is 0.189. The molecule has 2 aromatic carbocycles. The fourth-order valence-corrected chi connectivity index (χ4v) is 4.54. The van der Waals surface area contributed by atoms with Crippen LogP contribution >= 0.6 is 11.6 Å². The number of nitrogen functional groups attached to an aromatic ring is 2. The Morgan fingerprint density at radius 1 is 1.12 bits per heavy atom. The maximum Gasteiger partial charge on any atom is 0.267 e. The van der Waals surface area contributed by atoms with Gasteiger partial charge in [0.15, 0.2) is 15.7 Å². The number of benzene rings is 2. The maximum atomic E-state index is 14.0. The van der Waals surface area contributed by atoms with Crippen LogP contribution in [0.2, 0.25) is 5.02 Å². The third-order valence-electron chi connectivity index (χ3n) is 4.93. The Morgan fingerprint density at radius 2 is 1.85 bits per heavy atom. The number of rotatable bonds is 6. The maximum absolute atomic E-state index is 14.0. The van der Waals surface area contributed by atoms with Crippen LogP contribution in [0, 0.1) is 5.82 Å². The summed E-state index contributed by atoms with van der Waals surface area (Å²) in [4.78, 5) is 25.7. The molecule has 4 rings (SSSR count). The van der Waals surface area contributed by atoms with Gasteiger partial charge in [-0.1, -0.05) is 23.7 Å². The number of halogens is 2. The summed E-state index contributed by atoms with van der Waals surface area (Å²) in [5.41, 5.74) is 11.1. The standard InChI is InChI=1S/C21H19ClFN7O3S/c1-34(32,33)14-7-3-6-13-16(14)20(31)30(12-5-2-4-11(23)10-12)15(27-13)8-9-26-19-17(22)18(24)28-21(25)29-19/h2-7,10H,8-9H2,1H3,(H5,24,25,26,28,29). The molecule has 0 aliphatic rings. The Balaban J connectivity index is 1.84. The van der Waals surface area contributed by atoms with Gasteiger partial charge in [0.2, 0.25) is 5.95 Å². The molecule has 13 heteroatoms. The Labute approximate surface area is 198 Å². The van der Waals surface area contributed by atoms with Crippen molar-refractivity contribution in [3.05, 3.63) is 69.5 Å². The lowest BCUT2D eigenvalue weighted by Gasteiger charge is -2.16. The molecule has 0 aliphatic carbocycles. The van der Waals surface area contributed by atoms with Gasteiger partial charge in [-0.2, -0.15) is 9.97 Å². The Morgan fingerprint density at radius 3 is 2.56 bits per heavy atom. The summed E-state index contributed by atoms with van der Waals surface area (Å²) in [6, 6.07) is 9.76. The molecule has 10 nitrogen and oxygen atoms in total. The zero-order valence-corrected chi connectivity index (χ0v) is 19.4. The van der Waals surface area contributed by atoms with Gasteiger partial charge in [-0.05, 0) is 30.3 Å². The zero-order chi connectivity index (χ0) is 24.6. The van der Waals surface area contributed by atoms with E-state index in [1.807, 2.05) is 0 Å². The lowest BCUT2D eigenvalue weighted by Crippen LogP contribution is -2.26. The highest BCUT2D eigenvalue weighted by Gasteiger charge is 2.20. The lowest BCUT2D eigenvalue weighted by molar-refractivity contribution is 0.602. The number of anilines is 3. The number of hydrogen-bond donors (Lipinski definition) is 3. The van der Waals surface area contributed by atoms with Crippen molar-refractivity contribution in [3.8, 4) is 5.69 Å². The molecule has 4 aromatic rings. The third-order valence-corrected chi connectivity index (χ3v) is 6.44. The number of hydrogen-bond acceptors (Lipinski definition) is 9. The van der Waals surface area contributed by atoms with E-state index in [0.717, 1.165) is 12.3 Å². The number of nitrogens with two attached hydrogens (primary N) is 2. The summed E-state index contributed by atoms with van der Waals surface area (Å²) in [5.74, 6) is -0.175. The summed E-state index contributed by atoms with van der Waals surface area (Å²) in [5, 5.41) is 2.97. The van der Waals surface area contributed by atoms with Crippen LogP contribution in [-0.4, -0.2) is 40.7 Å². The molecular weight excluding hydrogens is 485 g/mol. The minimum absolute atomic E-state index is 0.00507. The van der Waals surface area contributed by atoms with Crippen LogP contribution in [0.5, 0.6) is 0 Å². The van der Waals surface area contributed by atoms with Gasteiger partial charge in [0.1, 0.15) is 22.5 Å².